The second-order valence-electron chi connectivity index (χ2n) is 6.28. The second-order valence-corrected chi connectivity index (χ2v) is 6.28. The molecule has 3 rings (SSSR count). The van der Waals surface area contributed by atoms with Crippen LogP contribution in [0.2, 0.25) is 0 Å². The lowest BCUT2D eigenvalue weighted by atomic mass is 9.98. The fourth-order valence-corrected chi connectivity index (χ4v) is 2.93. The monoisotopic (exact) mass is 336 g/mol. The Hall–Kier alpha value is -2.88. The van der Waals surface area contributed by atoms with Crippen molar-refractivity contribution >= 4 is 16.8 Å². The zero-order valence-electron chi connectivity index (χ0n) is 14.6. The van der Waals surface area contributed by atoms with Crippen molar-refractivity contribution in [2.45, 2.75) is 27.2 Å². The van der Waals surface area contributed by atoms with E-state index in [9.17, 15) is 9.59 Å². The molecule has 0 saturated carbocycles. The van der Waals surface area contributed by atoms with Gasteiger partial charge in [0.15, 0.2) is 5.78 Å². The van der Waals surface area contributed by atoms with E-state index in [1.165, 1.54) is 6.92 Å². The first kappa shape index (κ1) is 17.0. The molecule has 4 heteroatoms. The van der Waals surface area contributed by atoms with E-state index in [2.05, 4.69) is 0 Å². The van der Waals surface area contributed by atoms with Crippen LogP contribution in [0.3, 0.4) is 0 Å². The Bertz CT molecular complexity index is 984. The maximum Gasteiger partial charge on any atom is 0.340 e. The van der Waals surface area contributed by atoms with Crippen LogP contribution in [0.25, 0.3) is 11.0 Å². The van der Waals surface area contributed by atoms with Gasteiger partial charge in [-0.25, -0.2) is 4.79 Å². The SMILES string of the molecule is CC(=O)COc1cc(C)cc2oc(=O)c(Cc3ccccc3)c(C)c12. The lowest BCUT2D eigenvalue weighted by molar-refractivity contribution is -0.118. The molecule has 0 aliphatic rings. The Morgan fingerprint density at radius 3 is 2.52 bits per heavy atom. The van der Waals surface area contributed by atoms with Crippen molar-refractivity contribution in [3.8, 4) is 5.75 Å². The molecule has 0 saturated heterocycles. The van der Waals surface area contributed by atoms with E-state index in [4.69, 9.17) is 9.15 Å². The number of fused-ring (bicyclic) bond motifs is 1. The van der Waals surface area contributed by atoms with Crippen LogP contribution in [0.1, 0.15) is 29.2 Å². The molecule has 0 bridgehead atoms. The van der Waals surface area contributed by atoms with Crippen LogP contribution in [0.5, 0.6) is 5.75 Å². The molecular formula is C21H20O4. The summed E-state index contributed by atoms with van der Waals surface area (Å²) >= 11 is 0. The van der Waals surface area contributed by atoms with Crippen molar-refractivity contribution < 1.29 is 13.9 Å². The molecule has 1 heterocycles. The molecule has 0 atom stereocenters. The minimum Gasteiger partial charge on any atom is -0.485 e. The van der Waals surface area contributed by atoms with E-state index in [0.717, 1.165) is 22.1 Å². The number of hydrogen-bond donors (Lipinski definition) is 0. The summed E-state index contributed by atoms with van der Waals surface area (Å²) in [6.45, 7) is 5.26. The molecule has 2 aromatic carbocycles. The quantitative estimate of drug-likeness (QED) is 0.662. The predicted molar refractivity (Wildman–Crippen MR) is 97.4 cm³/mol. The lowest BCUT2D eigenvalue weighted by Crippen LogP contribution is -2.12. The molecule has 0 aliphatic carbocycles. The molecule has 128 valence electrons. The van der Waals surface area contributed by atoms with Gasteiger partial charge in [0.25, 0.3) is 0 Å². The number of Topliss-reactive ketones (excluding diaryl/α,β-unsaturated/α-hetero) is 1. The summed E-state index contributed by atoms with van der Waals surface area (Å²) in [6, 6.07) is 13.5. The average molecular weight is 336 g/mol. The molecule has 0 unspecified atom stereocenters. The predicted octanol–water partition coefficient (Wildman–Crippen LogP) is 3.97. The van der Waals surface area contributed by atoms with Gasteiger partial charge in [0, 0.05) is 12.0 Å². The summed E-state index contributed by atoms with van der Waals surface area (Å²) in [4.78, 5) is 23.8. The van der Waals surface area contributed by atoms with Crippen LogP contribution < -0.4 is 10.4 Å². The summed E-state index contributed by atoms with van der Waals surface area (Å²) in [5, 5.41) is 0.748. The number of rotatable bonds is 5. The van der Waals surface area contributed by atoms with Crippen molar-refractivity contribution in [2.75, 3.05) is 6.61 Å². The van der Waals surface area contributed by atoms with Gasteiger partial charge < -0.3 is 9.15 Å². The number of aryl methyl sites for hydroxylation is 2. The smallest absolute Gasteiger partial charge is 0.340 e. The summed E-state index contributed by atoms with van der Waals surface area (Å²) < 4.78 is 11.2. The van der Waals surface area contributed by atoms with Crippen LogP contribution in [0.4, 0.5) is 0 Å². The van der Waals surface area contributed by atoms with Crippen molar-refractivity contribution in [1.82, 2.24) is 0 Å². The molecule has 0 fully saturated rings. The van der Waals surface area contributed by atoms with Gasteiger partial charge in [-0.1, -0.05) is 30.3 Å². The van der Waals surface area contributed by atoms with Crippen LogP contribution in [0.15, 0.2) is 51.7 Å². The fraction of sp³-hybridized carbons (Fsp3) is 0.238. The van der Waals surface area contributed by atoms with Gasteiger partial charge >= 0.3 is 5.63 Å². The zero-order chi connectivity index (χ0) is 18.0. The Morgan fingerprint density at radius 2 is 1.84 bits per heavy atom. The van der Waals surface area contributed by atoms with E-state index in [0.29, 0.717) is 23.3 Å². The Kier molecular flexibility index (Phi) is 4.70. The third kappa shape index (κ3) is 3.63. The molecule has 0 N–H and O–H groups in total. The van der Waals surface area contributed by atoms with Gasteiger partial charge in [-0.2, -0.15) is 0 Å². The number of hydrogen-bond acceptors (Lipinski definition) is 4. The molecule has 1 aromatic heterocycles. The first-order valence-electron chi connectivity index (χ1n) is 8.19. The molecule has 4 nitrogen and oxygen atoms in total. The number of carbonyl (C=O) groups is 1. The van der Waals surface area contributed by atoms with Gasteiger partial charge in [-0.15, -0.1) is 0 Å². The molecule has 0 radical (unpaired) electrons. The largest absolute Gasteiger partial charge is 0.485 e. The Balaban J connectivity index is 2.16. The lowest BCUT2D eigenvalue weighted by Gasteiger charge is -2.13. The fourth-order valence-electron chi connectivity index (χ4n) is 2.93. The number of ketones is 1. The molecule has 3 aromatic rings. The third-order valence-electron chi connectivity index (χ3n) is 4.14. The summed E-state index contributed by atoms with van der Waals surface area (Å²) in [6.07, 6.45) is 0.491. The van der Waals surface area contributed by atoms with E-state index >= 15 is 0 Å². The summed E-state index contributed by atoms with van der Waals surface area (Å²) in [5.74, 6) is 0.509. The maximum absolute atomic E-state index is 12.5. The van der Waals surface area contributed by atoms with Gasteiger partial charge in [0.2, 0.25) is 0 Å². The topological polar surface area (TPSA) is 56.5 Å². The van der Waals surface area contributed by atoms with E-state index in [-0.39, 0.29) is 18.0 Å². The normalized spacial score (nSPS) is 10.8. The Labute approximate surface area is 146 Å². The molecular weight excluding hydrogens is 316 g/mol. The van der Waals surface area contributed by atoms with Gasteiger partial charge in [0.1, 0.15) is 17.9 Å². The highest BCUT2D eigenvalue weighted by Gasteiger charge is 2.16. The zero-order valence-corrected chi connectivity index (χ0v) is 14.6. The van der Waals surface area contributed by atoms with Crippen molar-refractivity contribution in [1.29, 1.82) is 0 Å². The first-order valence-corrected chi connectivity index (χ1v) is 8.19. The maximum atomic E-state index is 12.5. The van der Waals surface area contributed by atoms with Crippen molar-refractivity contribution in [2.24, 2.45) is 0 Å². The third-order valence-corrected chi connectivity index (χ3v) is 4.14. The standard InChI is InChI=1S/C21H20O4/c1-13-9-18(24-12-14(2)22)20-15(3)17(21(23)25-19(20)10-13)11-16-7-5-4-6-8-16/h4-10H,11-12H2,1-3H3. The highest BCUT2D eigenvalue weighted by atomic mass is 16.5. The Morgan fingerprint density at radius 1 is 1.12 bits per heavy atom. The highest BCUT2D eigenvalue weighted by Crippen LogP contribution is 2.31. The van der Waals surface area contributed by atoms with Crippen molar-refractivity contribution in [3.63, 3.8) is 0 Å². The van der Waals surface area contributed by atoms with Gasteiger partial charge in [-0.3, -0.25) is 4.79 Å². The van der Waals surface area contributed by atoms with E-state index in [1.807, 2.05) is 56.3 Å². The van der Waals surface area contributed by atoms with Crippen LogP contribution in [-0.2, 0) is 11.2 Å². The average Bonchev–Trinajstić information content (AvgIpc) is 2.57. The molecule has 0 aliphatic heterocycles. The van der Waals surface area contributed by atoms with E-state index < -0.39 is 0 Å². The van der Waals surface area contributed by atoms with Gasteiger partial charge in [-0.05, 0) is 49.6 Å². The number of ether oxygens (including phenoxy) is 1. The van der Waals surface area contributed by atoms with Crippen molar-refractivity contribution in [3.05, 3.63) is 75.1 Å². The second kappa shape index (κ2) is 6.93. The van der Waals surface area contributed by atoms with Crippen LogP contribution in [0, 0.1) is 13.8 Å². The van der Waals surface area contributed by atoms with Crippen LogP contribution in [-0.4, -0.2) is 12.4 Å². The molecule has 0 amide bonds. The molecule has 0 spiro atoms. The molecule has 25 heavy (non-hydrogen) atoms. The number of carbonyl (C=O) groups excluding carboxylic acids is 1. The highest BCUT2D eigenvalue weighted by molar-refractivity contribution is 5.88. The minimum absolute atomic E-state index is 0.00879. The minimum atomic E-state index is -0.336. The van der Waals surface area contributed by atoms with Crippen LogP contribution >= 0.6 is 0 Å². The van der Waals surface area contributed by atoms with E-state index in [1.54, 1.807) is 0 Å². The number of benzene rings is 2. The summed E-state index contributed by atoms with van der Waals surface area (Å²) in [5.41, 5.74) is 3.53. The first-order chi connectivity index (χ1) is 12.0. The summed E-state index contributed by atoms with van der Waals surface area (Å²) in [7, 11) is 0. The van der Waals surface area contributed by atoms with Gasteiger partial charge in [0.05, 0.1) is 5.39 Å².